The fourth-order valence-corrected chi connectivity index (χ4v) is 3.64. The molecule has 0 atom stereocenters. The zero-order chi connectivity index (χ0) is 21.9. The van der Waals surface area contributed by atoms with Crippen molar-refractivity contribution in [3.8, 4) is 22.8 Å². The first-order valence-corrected chi connectivity index (χ1v) is 10.2. The summed E-state index contributed by atoms with van der Waals surface area (Å²) in [5.74, 6) is 2.76. The fourth-order valence-electron chi connectivity index (χ4n) is 3.64. The van der Waals surface area contributed by atoms with Crippen molar-refractivity contribution in [1.29, 1.82) is 0 Å². The molecule has 0 aliphatic heterocycles. The lowest BCUT2D eigenvalue weighted by atomic mass is 10.1. The summed E-state index contributed by atoms with van der Waals surface area (Å²) >= 11 is 0. The Morgan fingerprint density at radius 3 is 2.50 bits per heavy atom. The molecular weight excluding hydrogens is 402 g/mol. The lowest BCUT2D eigenvalue weighted by Crippen LogP contribution is -2.14. The van der Waals surface area contributed by atoms with E-state index < -0.39 is 0 Å². The van der Waals surface area contributed by atoms with Crippen LogP contribution in [0.15, 0.2) is 94.4 Å². The predicted molar refractivity (Wildman–Crippen MR) is 124 cm³/mol. The summed E-state index contributed by atoms with van der Waals surface area (Å²) in [6.45, 7) is 0. The number of rotatable bonds is 5. The zero-order valence-electron chi connectivity index (χ0n) is 17.8. The zero-order valence-corrected chi connectivity index (χ0v) is 17.8. The van der Waals surface area contributed by atoms with E-state index in [0.29, 0.717) is 17.3 Å². The SMILES string of the molecule is COc1ccc(-c2cc(=NNc3ccc4ccccc4[nH+]3)c3ccccc3o2)cc1OC. The topological polar surface area (TPSA) is 70.1 Å². The van der Waals surface area contributed by atoms with Gasteiger partial charge in [-0.3, -0.25) is 0 Å². The van der Waals surface area contributed by atoms with Crippen LogP contribution >= 0.6 is 0 Å². The highest BCUT2D eigenvalue weighted by Gasteiger charge is 2.11. The van der Waals surface area contributed by atoms with Gasteiger partial charge in [-0.2, -0.15) is 0 Å². The van der Waals surface area contributed by atoms with Gasteiger partial charge in [0, 0.05) is 28.5 Å². The van der Waals surface area contributed by atoms with Crippen LogP contribution in [0, 0.1) is 0 Å². The second-order valence-corrected chi connectivity index (χ2v) is 7.24. The highest BCUT2D eigenvalue weighted by Crippen LogP contribution is 2.32. The van der Waals surface area contributed by atoms with Gasteiger partial charge in [0.1, 0.15) is 22.2 Å². The van der Waals surface area contributed by atoms with Crippen molar-refractivity contribution in [2.24, 2.45) is 5.10 Å². The Hall–Kier alpha value is -4.32. The number of H-pyrrole nitrogens is 1. The van der Waals surface area contributed by atoms with E-state index in [9.17, 15) is 0 Å². The first-order chi connectivity index (χ1) is 15.7. The molecule has 0 aliphatic rings. The maximum absolute atomic E-state index is 6.18. The van der Waals surface area contributed by atoms with Crippen molar-refractivity contribution in [2.45, 2.75) is 0 Å². The Kier molecular flexibility index (Phi) is 5.17. The molecule has 0 saturated carbocycles. The first kappa shape index (κ1) is 19.6. The lowest BCUT2D eigenvalue weighted by Gasteiger charge is -2.10. The van der Waals surface area contributed by atoms with E-state index in [-0.39, 0.29) is 0 Å². The van der Waals surface area contributed by atoms with Crippen molar-refractivity contribution in [1.82, 2.24) is 0 Å². The van der Waals surface area contributed by atoms with Crippen LogP contribution in [0.2, 0.25) is 0 Å². The number of methoxy groups -OCH3 is 2. The highest BCUT2D eigenvalue weighted by atomic mass is 16.5. The van der Waals surface area contributed by atoms with Crippen LogP contribution in [0.1, 0.15) is 0 Å². The first-order valence-electron chi connectivity index (χ1n) is 10.2. The Morgan fingerprint density at radius 2 is 1.62 bits per heavy atom. The van der Waals surface area contributed by atoms with E-state index in [2.05, 4.69) is 27.6 Å². The average molecular weight is 424 g/mol. The van der Waals surface area contributed by atoms with E-state index in [1.165, 1.54) is 0 Å². The number of benzene rings is 3. The summed E-state index contributed by atoms with van der Waals surface area (Å²) in [4.78, 5) is 3.36. The van der Waals surface area contributed by atoms with Gasteiger partial charge >= 0.3 is 0 Å². The standard InChI is InChI=1S/C26H21N3O3/c1-30-23-13-11-18(15-25(23)31-2)24-16-21(19-8-4-6-10-22(19)32-24)28-29-26-14-12-17-7-3-5-9-20(17)27-26/h3-16H,1-2H3,(H,27,29)/p+1. The molecule has 32 heavy (non-hydrogen) atoms. The molecule has 0 unspecified atom stereocenters. The Bertz CT molecular complexity index is 1490. The summed E-state index contributed by atoms with van der Waals surface area (Å²) < 4.78 is 17.0. The van der Waals surface area contributed by atoms with Crippen LogP contribution in [-0.2, 0) is 0 Å². The minimum absolute atomic E-state index is 0.635. The number of anilines is 1. The van der Waals surface area contributed by atoms with Crippen LogP contribution < -0.4 is 25.2 Å². The minimum atomic E-state index is 0.635. The molecule has 0 bridgehead atoms. The third-order valence-corrected chi connectivity index (χ3v) is 5.28. The molecule has 6 heteroatoms. The number of fused-ring (bicyclic) bond motifs is 2. The van der Waals surface area contributed by atoms with E-state index in [0.717, 1.165) is 38.6 Å². The Balaban J connectivity index is 1.60. The molecule has 2 aromatic heterocycles. The summed E-state index contributed by atoms with van der Waals surface area (Å²) in [6.07, 6.45) is 0. The van der Waals surface area contributed by atoms with Gasteiger partial charge in [-0.15, -0.1) is 5.43 Å². The van der Waals surface area contributed by atoms with Crippen LogP contribution in [0.3, 0.4) is 0 Å². The number of para-hydroxylation sites is 2. The van der Waals surface area contributed by atoms with Gasteiger partial charge in [0.25, 0.3) is 5.82 Å². The molecule has 0 saturated heterocycles. The molecule has 0 aliphatic carbocycles. The molecule has 2 heterocycles. The van der Waals surface area contributed by atoms with Crippen molar-refractivity contribution >= 4 is 27.7 Å². The van der Waals surface area contributed by atoms with E-state index in [4.69, 9.17) is 13.9 Å². The van der Waals surface area contributed by atoms with Gasteiger partial charge in [-0.05, 0) is 42.5 Å². The molecule has 0 amide bonds. The van der Waals surface area contributed by atoms with Crippen molar-refractivity contribution in [3.63, 3.8) is 0 Å². The number of nitrogens with one attached hydrogen (secondary N) is 2. The Morgan fingerprint density at radius 1 is 0.812 bits per heavy atom. The van der Waals surface area contributed by atoms with Crippen LogP contribution in [0.4, 0.5) is 5.82 Å². The molecule has 3 aromatic carbocycles. The van der Waals surface area contributed by atoms with E-state index in [1.807, 2.05) is 72.8 Å². The van der Waals surface area contributed by atoms with Crippen LogP contribution in [0.25, 0.3) is 33.2 Å². The summed E-state index contributed by atoms with van der Waals surface area (Å²) in [5, 5.41) is 7.48. The maximum atomic E-state index is 6.18. The normalized spacial score (nSPS) is 11.6. The summed E-state index contributed by atoms with van der Waals surface area (Å²) in [6, 6.07) is 27.6. The number of nitrogens with zero attached hydrogens (tertiary/aromatic N) is 1. The van der Waals surface area contributed by atoms with Crippen LogP contribution in [0.5, 0.6) is 11.5 Å². The van der Waals surface area contributed by atoms with Crippen LogP contribution in [-0.4, -0.2) is 14.2 Å². The number of hydrogen-bond donors (Lipinski definition) is 1. The third-order valence-electron chi connectivity index (χ3n) is 5.28. The molecule has 5 aromatic rings. The number of ether oxygens (including phenoxy) is 2. The highest BCUT2D eigenvalue weighted by molar-refractivity contribution is 5.79. The maximum Gasteiger partial charge on any atom is 0.297 e. The number of aromatic amines is 1. The molecule has 2 N–H and O–H groups in total. The predicted octanol–water partition coefficient (Wildman–Crippen LogP) is 5.01. The van der Waals surface area contributed by atoms with Crippen molar-refractivity contribution in [3.05, 3.63) is 90.3 Å². The largest absolute Gasteiger partial charge is 0.493 e. The molecule has 0 spiro atoms. The third kappa shape index (κ3) is 3.74. The summed E-state index contributed by atoms with van der Waals surface area (Å²) in [7, 11) is 3.23. The lowest BCUT2D eigenvalue weighted by molar-refractivity contribution is -0.327. The van der Waals surface area contributed by atoms with Gasteiger partial charge in [0.15, 0.2) is 11.5 Å². The second kappa shape index (κ2) is 8.43. The molecule has 0 fully saturated rings. The van der Waals surface area contributed by atoms with Crippen molar-refractivity contribution < 1.29 is 18.9 Å². The van der Waals surface area contributed by atoms with Gasteiger partial charge < -0.3 is 13.9 Å². The second-order valence-electron chi connectivity index (χ2n) is 7.24. The molecule has 158 valence electrons. The molecule has 0 radical (unpaired) electrons. The number of pyridine rings is 1. The molecular formula is C26H22N3O3+. The van der Waals surface area contributed by atoms with E-state index >= 15 is 0 Å². The number of hydrogen-bond acceptors (Lipinski definition) is 5. The van der Waals surface area contributed by atoms with Gasteiger partial charge in [-0.1, -0.05) is 35.4 Å². The van der Waals surface area contributed by atoms with Gasteiger partial charge in [0.2, 0.25) is 0 Å². The smallest absolute Gasteiger partial charge is 0.297 e. The van der Waals surface area contributed by atoms with E-state index in [1.54, 1.807) is 14.2 Å². The molecule has 6 nitrogen and oxygen atoms in total. The number of aromatic nitrogens is 1. The van der Waals surface area contributed by atoms with Crippen molar-refractivity contribution in [2.75, 3.05) is 19.6 Å². The average Bonchev–Trinajstić information content (AvgIpc) is 2.86. The van der Waals surface area contributed by atoms with Gasteiger partial charge in [0.05, 0.1) is 14.2 Å². The Labute approximate surface area is 184 Å². The quantitative estimate of drug-likeness (QED) is 0.403. The minimum Gasteiger partial charge on any atom is -0.493 e. The summed E-state index contributed by atoms with van der Waals surface area (Å²) in [5.41, 5.74) is 5.78. The van der Waals surface area contributed by atoms with Gasteiger partial charge in [-0.25, -0.2) is 4.98 Å². The molecule has 5 rings (SSSR count). The fraction of sp³-hybridized carbons (Fsp3) is 0.0769. The monoisotopic (exact) mass is 424 g/mol.